The Morgan fingerprint density at radius 3 is 2.54 bits per heavy atom. The minimum Gasteiger partial charge on any atom is -0.361 e. The molecule has 0 amide bonds. The minimum atomic E-state index is 0.545. The highest BCUT2D eigenvalue weighted by Gasteiger charge is 2.13. The first kappa shape index (κ1) is 18.0. The van der Waals surface area contributed by atoms with Crippen molar-refractivity contribution in [3.8, 4) is 0 Å². The Hall–Kier alpha value is -2.38. The first-order valence-corrected chi connectivity index (χ1v) is 8.43. The van der Waals surface area contributed by atoms with Crippen molar-refractivity contribution in [2.75, 3.05) is 6.54 Å². The minimum absolute atomic E-state index is 0.545. The van der Waals surface area contributed by atoms with E-state index in [1.165, 1.54) is 0 Å². The summed E-state index contributed by atoms with van der Waals surface area (Å²) in [6.45, 7) is 10.0. The Morgan fingerprint density at radius 2 is 1.96 bits per heavy atom. The Labute approximate surface area is 142 Å². The summed E-state index contributed by atoms with van der Waals surface area (Å²) < 4.78 is 7.35. The van der Waals surface area contributed by atoms with Crippen LogP contribution in [0.1, 0.15) is 49.4 Å². The fourth-order valence-corrected chi connectivity index (χ4v) is 2.38. The lowest BCUT2D eigenvalue weighted by Gasteiger charge is -2.11. The van der Waals surface area contributed by atoms with Gasteiger partial charge in [0, 0.05) is 25.6 Å². The van der Waals surface area contributed by atoms with Crippen LogP contribution in [0.15, 0.2) is 9.52 Å². The summed E-state index contributed by atoms with van der Waals surface area (Å²) in [5.41, 5.74) is 2.07. The standard InChI is InChI=1S/C16H27N7O/c1-6-13-12(14(7-2)24-22-13)9-18-16(17-8-3)19-10-15-21-20-11(4)23(15)5/h6-10H2,1-5H3,(H2,17,18,19). The van der Waals surface area contributed by atoms with Gasteiger partial charge >= 0.3 is 0 Å². The Kier molecular flexibility index (Phi) is 6.34. The van der Waals surface area contributed by atoms with Gasteiger partial charge in [0.15, 0.2) is 11.8 Å². The molecule has 2 aromatic heterocycles. The quantitative estimate of drug-likeness (QED) is 0.589. The van der Waals surface area contributed by atoms with Gasteiger partial charge in [-0.15, -0.1) is 10.2 Å². The molecule has 0 fully saturated rings. The van der Waals surface area contributed by atoms with E-state index in [-0.39, 0.29) is 0 Å². The summed E-state index contributed by atoms with van der Waals surface area (Å²) in [7, 11) is 1.95. The molecule has 8 heteroatoms. The highest BCUT2D eigenvalue weighted by atomic mass is 16.5. The maximum Gasteiger partial charge on any atom is 0.191 e. The lowest BCUT2D eigenvalue weighted by atomic mass is 10.1. The molecule has 8 nitrogen and oxygen atoms in total. The smallest absolute Gasteiger partial charge is 0.191 e. The van der Waals surface area contributed by atoms with Crippen LogP contribution >= 0.6 is 0 Å². The molecule has 0 saturated heterocycles. The molecule has 132 valence electrons. The second-order valence-corrected chi connectivity index (χ2v) is 5.51. The number of guanidine groups is 1. The van der Waals surface area contributed by atoms with E-state index >= 15 is 0 Å². The van der Waals surface area contributed by atoms with Gasteiger partial charge in [-0.2, -0.15) is 0 Å². The van der Waals surface area contributed by atoms with Crippen molar-refractivity contribution in [3.05, 3.63) is 28.7 Å². The van der Waals surface area contributed by atoms with E-state index in [1.807, 2.05) is 25.5 Å². The fourth-order valence-electron chi connectivity index (χ4n) is 2.38. The van der Waals surface area contributed by atoms with Crippen molar-refractivity contribution in [1.29, 1.82) is 0 Å². The van der Waals surface area contributed by atoms with Crippen LogP contribution < -0.4 is 10.6 Å². The molecule has 24 heavy (non-hydrogen) atoms. The molecule has 0 saturated carbocycles. The topological polar surface area (TPSA) is 93.2 Å². The van der Waals surface area contributed by atoms with Crippen LogP contribution in [-0.2, 0) is 33.0 Å². The monoisotopic (exact) mass is 333 g/mol. The molecule has 0 aromatic carbocycles. The summed E-state index contributed by atoms with van der Waals surface area (Å²) in [4.78, 5) is 4.66. The van der Waals surface area contributed by atoms with E-state index in [0.29, 0.717) is 13.1 Å². The molecule has 2 N–H and O–H groups in total. The molecule has 2 rings (SSSR count). The van der Waals surface area contributed by atoms with Crippen LogP contribution in [0, 0.1) is 6.92 Å². The number of aromatic nitrogens is 4. The van der Waals surface area contributed by atoms with Crippen LogP contribution in [0.5, 0.6) is 0 Å². The molecule has 0 radical (unpaired) electrons. The Bertz CT molecular complexity index is 665. The second-order valence-electron chi connectivity index (χ2n) is 5.51. The number of nitrogens with one attached hydrogen (secondary N) is 2. The van der Waals surface area contributed by atoms with Gasteiger partial charge in [-0.05, 0) is 20.3 Å². The maximum absolute atomic E-state index is 5.39. The van der Waals surface area contributed by atoms with Crippen molar-refractivity contribution in [2.45, 2.75) is 53.6 Å². The van der Waals surface area contributed by atoms with Gasteiger partial charge in [-0.3, -0.25) is 0 Å². The zero-order valence-electron chi connectivity index (χ0n) is 15.2. The van der Waals surface area contributed by atoms with E-state index < -0.39 is 0 Å². The summed E-state index contributed by atoms with van der Waals surface area (Å²) in [6.07, 6.45) is 1.66. The number of nitrogens with zero attached hydrogens (tertiary/aromatic N) is 5. The average Bonchev–Trinajstić information content (AvgIpc) is 3.14. The van der Waals surface area contributed by atoms with E-state index in [1.54, 1.807) is 0 Å². The van der Waals surface area contributed by atoms with Crippen LogP contribution in [0.25, 0.3) is 0 Å². The maximum atomic E-state index is 5.39. The first-order valence-electron chi connectivity index (χ1n) is 8.43. The van der Waals surface area contributed by atoms with Gasteiger partial charge in [-0.25, -0.2) is 4.99 Å². The lowest BCUT2D eigenvalue weighted by molar-refractivity contribution is 0.380. The van der Waals surface area contributed by atoms with Gasteiger partial charge in [0.25, 0.3) is 0 Å². The number of hydrogen-bond donors (Lipinski definition) is 2. The first-order chi connectivity index (χ1) is 11.6. The van der Waals surface area contributed by atoms with Crippen LogP contribution in [0.3, 0.4) is 0 Å². The van der Waals surface area contributed by atoms with Crippen LogP contribution in [0.4, 0.5) is 0 Å². The Balaban J connectivity index is 2.08. The molecule has 2 aromatic rings. The molecular formula is C16H27N7O. The van der Waals surface area contributed by atoms with Crippen molar-refractivity contribution in [1.82, 2.24) is 30.6 Å². The molecule has 2 heterocycles. The summed E-state index contributed by atoms with van der Waals surface area (Å²) >= 11 is 0. The normalized spacial score (nSPS) is 11.8. The predicted molar refractivity (Wildman–Crippen MR) is 92.7 cm³/mol. The van der Waals surface area contributed by atoms with Gasteiger partial charge in [-0.1, -0.05) is 19.0 Å². The molecule has 0 bridgehead atoms. The van der Waals surface area contributed by atoms with Gasteiger partial charge < -0.3 is 19.7 Å². The van der Waals surface area contributed by atoms with Crippen molar-refractivity contribution < 1.29 is 4.52 Å². The van der Waals surface area contributed by atoms with Crippen molar-refractivity contribution in [3.63, 3.8) is 0 Å². The predicted octanol–water partition coefficient (Wildman–Crippen LogP) is 1.49. The molecule has 0 aliphatic carbocycles. The average molecular weight is 333 g/mol. The molecule has 0 unspecified atom stereocenters. The highest BCUT2D eigenvalue weighted by molar-refractivity contribution is 5.79. The highest BCUT2D eigenvalue weighted by Crippen LogP contribution is 2.16. The summed E-state index contributed by atoms with van der Waals surface area (Å²) in [6, 6.07) is 0. The van der Waals surface area contributed by atoms with Gasteiger partial charge in [0.2, 0.25) is 0 Å². The largest absolute Gasteiger partial charge is 0.361 e. The lowest BCUT2D eigenvalue weighted by Crippen LogP contribution is -2.37. The fraction of sp³-hybridized carbons (Fsp3) is 0.625. The number of rotatable bonds is 7. The molecular weight excluding hydrogens is 306 g/mol. The van der Waals surface area contributed by atoms with E-state index in [9.17, 15) is 0 Å². The van der Waals surface area contributed by atoms with Crippen molar-refractivity contribution >= 4 is 5.96 Å². The van der Waals surface area contributed by atoms with E-state index in [4.69, 9.17) is 4.52 Å². The van der Waals surface area contributed by atoms with Gasteiger partial charge in [0.1, 0.15) is 11.6 Å². The third-order valence-corrected chi connectivity index (χ3v) is 3.94. The molecule has 0 aliphatic heterocycles. The van der Waals surface area contributed by atoms with Crippen molar-refractivity contribution in [2.24, 2.45) is 12.0 Å². The SMILES string of the molecule is CCNC(=NCc1c(CC)noc1CC)NCc1nnc(C)n1C. The molecule has 0 aliphatic rings. The summed E-state index contributed by atoms with van der Waals surface area (Å²) in [5.74, 6) is 3.41. The third kappa shape index (κ3) is 4.12. The van der Waals surface area contributed by atoms with E-state index in [2.05, 4.69) is 44.8 Å². The van der Waals surface area contributed by atoms with E-state index in [0.717, 1.165) is 54.0 Å². The summed E-state index contributed by atoms with van der Waals surface area (Å²) in [5, 5.41) is 18.9. The van der Waals surface area contributed by atoms with Gasteiger partial charge in [0.05, 0.1) is 18.8 Å². The van der Waals surface area contributed by atoms with Crippen LogP contribution in [0.2, 0.25) is 0 Å². The Morgan fingerprint density at radius 1 is 1.17 bits per heavy atom. The zero-order chi connectivity index (χ0) is 17.5. The molecule has 0 spiro atoms. The second kappa shape index (κ2) is 8.47. The zero-order valence-corrected chi connectivity index (χ0v) is 15.2. The number of aryl methyl sites for hydroxylation is 3. The van der Waals surface area contributed by atoms with Crippen LogP contribution in [-0.4, -0.2) is 32.4 Å². The number of aliphatic imine (C=N–C) groups is 1. The molecule has 0 atom stereocenters. The third-order valence-electron chi connectivity index (χ3n) is 3.94. The number of hydrogen-bond acceptors (Lipinski definition) is 5.